The van der Waals surface area contributed by atoms with E-state index in [9.17, 15) is 14.4 Å². The summed E-state index contributed by atoms with van der Waals surface area (Å²) in [5, 5.41) is 3.95. The molecule has 3 aromatic rings. The van der Waals surface area contributed by atoms with E-state index in [0.29, 0.717) is 15.9 Å². The lowest BCUT2D eigenvalue weighted by atomic mass is 10.2. The van der Waals surface area contributed by atoms with E-state index in [-0.39, 0.29) is 30.6 Å². The number of nitrogens with one attached hydrogen (secondary N) is 1. The van der Waals surface area contributed by atoms with Gasteiger partial charge in [0.25, 0.3) is 5.56 Å². The van der Waals surface area contributed by atoms with Crippen LogP contribution in [0.1, 0.15) is 31.2 Å². The quantitative estimate of drug-likeness (QED) is 0.701. The Hall–Kier alpha value is -2.86. The molecule has 1 aliphatic carbocycles. The predicted molar refractivity (Wildman–Crippen MR) is 113 cm³/mol. The molecule has 2 aromatic carbocycles. The molecule has 0 spiro atoms. The molecule has 1 N–H and O–H groups in total. The number of carbonyl (C=O) groups is 1. The molecule has 1 amide bonds. The summed E-state index contributed by atoms with van der Waals surface area (Å²) in [6.07, 6.45) is 4.15. The zero-order valence-electron chi connectivity index (χ0n) is 15.9. The fourth-order valence-electron chi connectivity index (χ4n) is 3.97. The van der Waals surface area contributed by atoms with Gasteiger partial charge in [-0.1, -0.05) is 48.7 Å². The largest absolute Gasteiger partial charge is 0.352 e. The van der Waals surface area contributed by atoms with E-state index in [0.717, 1.165) is 35.8 Å². The van der Waals surface area contributed by atoms with Crippen molar-refractivity contribution in [3.63, 3.8) is 0 Å². The Balaban J connectivity index is 1.75. The normalized spacial score (nSPS) is 14.4. The average molecular weight is 412 g/mol. The molecular weight excluding hydrogens is 390 g/mol. The molecule has 0 bridgehead atoms. The van der Waals surface area contributed by atoms with Crippen LogP contribution in [0.2, 0.25) is 5.02 Å². The van der Waals surface area contributed by atoms with Gasteiger partial charge in [0.05, 0.1) is 17.4 Å². The molecule has 0 atom stereocenters. The number of carbonyl (C=O) groups excluding carboxylic acids is 1. The van der Waals surface area contributed by atoms with E-state index in [4.69, 9.17) is 11.6 Å². The maximum atomic E-state index is 13.2. The molecule has 6 nitrogen and oxygen atoms in total. The monoisotopic (exact) mass is 411 g/mol. The van der Waals surface area contributed by atoms with Crippen molar-refractivity contribution in [2.75, 3.05) is 0 Å². The molecule has 29 heavy (non-hydrogen) atoms. The summed E-state index contributed by atoms with van der Waals surface area (Å²) >= 11 is 6.04. The van der Waals surface area contributed by atoms with Crippen LogP contribution in [0.5, 0.6) is 0 Å². The summed E-state index contributed by atoms with van der Waals surface area (Å²) in [5.41, 5.74) is 0.327. The zero-order chi connectivity index (χ0) is 20.4. The van der Waals surface area contributed by atoms with Crippen molar-refractivity contribution in [1.29, 1.82) is 0 Å². The second-order valence-corrected chi connectivity index (χ2v) is 7.89. The van der Waals surface area contributed by atoms with Gasteiger partial charge in [-0.2, -0.15) is 0 Å². The highest BCUT2D eigenvalue weighted by molar-refractivity contribution is 6.30. The van der Waals surface area contributed by atoms with Crippen LogP contribution in [0.3, 0.4) is 0 Å². The first-order valence-electron chi connectivity index (χ1n) is 9.79. The Bertz CT molecular complexity index is 1180. The van der Waals surface area contributed by atoms with Gasteiger partial charge in [-0.15, -0.1) is 0 Å². The van der Waals surface area contributed by atoms with Crippen molar-refractivity contribution in [3.05, 3.63) is 80.0 Å². The molecule has 4 rings (SSSR count). The summed E-state index contributed by atoms with van der Waals surface area (Å²) in [4.78, 5) is 38.7. The smallest absolute Gasteiger partial charge is 0.332 e. The van der Waals surface area contributed by atoms with Crippen LogP contribution in [0.4, 0.5) is 0 Å². The molecule has 7 heteroatoms. The highest BCUT2D eigenvalue weighted by Crippen LogP contribution is 2.17. The lowest BCUT2D eigenvalue weighted by Gasteiger charge is -2.16. The highest BCUT2D eigenvalue weighted by atomic mass is 35.5. The molecule has 1 heterocycles. The van der Waals surface area contributed by atoms with Crippen molar-refractivity contribution < 1.29 is 4.79 Å². The Labute approximate surface area is 172 Å². The van der Waals surface area contributed by atoms with Crippen molar-refractivity contribution >= 4 is 28.4 Å². The Kier molecular flexibility index (Phi) is 5.53. The van der Waals surface area contributed by atoms with Gasteiger partial charge in [0.2, 0.25) is 5.91 Å². The summed E-state index contributed by atoms with van der Waals surface area (Å²) in [7, 11) is 0. The molecule has 0 radical (unpaired) electrons. The molecule has 1 saturated carbocycles. The number of benzene rings is 2. The first-order chi connectivity index (χ1) is 14.0. The molecule has 1 fully saturated rings. The second kappa shape index (κ2) is 8.25. The third-order valence-electron chi connectivity index (χ3n) is 5.38. The number of hydrogen-bond acceptors (Lipinski definition) is 3. The van der Waals surface area contributed by atoms with Gasteiger partial charge in [-0.25, -0.2) is 4.79 Å². The van der Waals surface area contributed by atoms with E-state index >= 15 is 0 Å². The predicted octanol–water partition coefficient (Wildman–Crippen LogP) is 2.92. The number of para-hydroxylation sites is 1. The van der Waals surface area contributed by atoms with Gasteiger partial charge in [0, 0.05) is 11.1 Å². The number of hydrogen-bond donors (Lipinski definition) is 1. The number of halogens is 1. The second-order valence-electron chi connectivity index (χ2n) is 7.46. The molecule has 0 saturated heterocycles. The molecule has 0 aliphatic heterocycles. The molecule has 1 aromatic heterocycles. The van der Waals surface area contributed by atoms with Crippen LogP contribution in [0, 0.1) is 0 Å². The minimum absolute atomic E-state index is 0.0906. The number of fused-ring (bicyclic) bond motifs is 1. The minimum Gasteiger partial charge on any atom is -0.352 e. The lowest BCUT2D eigenvalue weighted by Crippen LogP contribution is -2.44. The fourth-order valence-corrected chi connectivity index (χ4v) is 4.18. The van der Waals surface area contributed by atoms with Crippen LogP contribution in [-0.2, 0) is 17.9 Å². The molecule has 150 valence electrons. The molecule has 0 unspecified atom stereocenters. The number of rotatable bonds is 5. The first-order valence-corrected chi connectivity index (χ1v) is 10.2. The standard InChI is InChI=1S/C22H22ClN3O3/c23-16-7-5-6-15(12-16)13-26-21(28)18-10-3-4-11-19(18)25(22(26)29)14-20(27)24-17-8-1-2-9-17/h3-7,10-12,17H,1-2,8-9,13-14H2,(H,24,27). The van der Waals surface area contributed by atoms with E-state index in [1.807, 2.05) is 6.07 Å². The topological polar surface area (TPSA) is 73.1 Å². The lowest BCUT2D eigenvalue weighted by molar-refractivity contribution is -0.122. The Morgan fingerprint density at radius 2 is 1.79 bits per heavy atom. The maximum Gasteiger partial charge on any atom is 0.332 e. The first kappa shape index (κ1) is 19.5. The Morgan fingerprint density at radius 3 is 2.55 bits per heavy atom. The molecular formula is C22H22ClN3O3. The number of amides is 1. The summed E-state index contributed by atoms with van der Waals surface area (Å²) in [5.74, 6) is -0.211. The third kappa shape index (κ3) is 4.12. The van der Waals surface area contributed by atoms with E-state index < -0.39 is 5.69 Å². The molecule has 1 aliphatic rings. The van der Waals surface area contributed by atoms with Crippen LogP contribution in [0.15, 0.2) is 58.1 Å². The zero-order valence-corrected chi connectivity index (χ0v) is 16.7. The summed E-state index contributed by atoms with van der Waals surface area (Å²) in [6.45, 7) is -0.0288. The SMILES string of the molecule is O=C(Cn1c(=O)n(Cc2cccc(Cl)c2)c(=O)c2ccccc21)NC1CCCC1. The van der Waals surface area contributed by atoms with E-state index in [2.05, 4.69) is 5.32 Å². The number of aromatic nitrogens is 2. The van der Waals surface area contributed by atoms with Crippen LogP contribution in [-0.4, -0.2) is 21.1 Å². The van der Waals surface area contributed by atoms with E-state index in [1.165, 1.54) is 4.57 Å². The highest BCUT2D eigenvalue weighted by Gasteiger charge is 2.19. The van der Waals surface area contributed by atoms with Gasteiger partial charge < -0.3 is 5.32 Å². The van der Waals surface area contributed by atoms with Gasteiger partial charge in [-0.05, 0) is 42.7 Å². The van der Waals surface area contributed by atoms with Crippen LogP contribution >= 0.6 is 11.6 Å². The number of nitrogens with zero attached hydrogens (tertiary/aromatic N) is 2. The maximum absolute atomic E-state index is 13.2. The van der Waals surface area contributed by atoms with Gasteiger partial charge in [-0.3, -0.25) is 18.7 Å². The minimum atomic E-state index is -0.504. The van der Waals surface area contributed by atoms with Crippen molar-refractivity contribution in [3.8, 4) is 0 Å². The summed E-state index contributed by atoms with van der Waals surface area (Å²) in [6, 6.07) is 14.1. The summed E-state index contributed by atoms with van der Waals surface area (Å²) < 4.78 is 2.54. The Morgan fingerprint density at radius 1 is 1.03 bits per heavy atom. The van der Waals surface area contributed by atoms with Gasteiger partial charge in [0.1, 0.15) is 6.54 Å². The van der Waals surface area contributed by atoms with Crippen LogP contribution < -0.4 is 16.6 Å². The van der Waals surface area contributed by atoms with Crippen molar-refractivity contribution in [1.82, 2.24) is 14.5 Å². The fraction of sp³-hybridized carbons (Fsp3) is 0.318. The van der Waals surface area contributed by atoms with Gasteiger partial charge >= 0.3 is 5.69 Å². The van der Waals surface area contributed by atoms with Crippen molar-refractivity contribution in [2.45, 2.75) is 44.8 Å². The van der Waals surface area contributed by atoms with E-state index in [1.54, 1.807) is 42.5 Å². The van der Waals surface area contributed by atoms with Gasteiger partial charge in [0.15, 0.2) is 0 Å². The van der Waals surface area contributed by atoms with Crippen LogP contribution in [0.25, 0.3) is 10.9 Å². The third-order valence-corrected chi connectivity index (χ3v) is 5.62. The average Bonchev–Trinajstić information content (AvgIpc) is 3.21. The van der Waals surface area contributed by atoms with Crippen molar-refractivity contribution in [2.24, 2.45) is 0 Å².